The standard InChI is InChI=1S/C20H17ClN2O6S/c1-2-27-16-5-3-4-13-12-17(28-18(13)16)19-22-23(20(24)29-19)10-11-30(25,26)15-8-6-14(21)7-9-15/h3-9,12H,2,10-11H2,1H3. The maximum Gasteiger partial charge on any atom is 0.437 e. The molecule has 2 aromatic carbocycles. The van der Waals surface area contributed by atoms with Gasteiger partial charge >= 0.3 is 5.76 Å². The number of ether oxygens (including phenoxy) is 1. The van der Waals surface area contributed by atoms with E-state index in [-0.39, 0.29) is 28.8 Å². The third-order valence-corrected chi connectivity index (χ3v) is 6.33. The molecule has 0 bridgehead atoms. The van der Waals surface area contributed by atoms with Crippen molar-refractivity contribution in [1.29, 1.82) is 0 Å². The first-order chi connectivity index (χ1) is 14.4. The van der Waals surface area contributed by atoms with Crippen molar-refractivity contribution in [3.05, 3.63) is 64.1 Å². The summed E-state index contributed by atoms with van der Waals surface area (Å²) in [5.41, 5.74) is 0.511. The van der Waals surface area contributed by atoms with E-state index < -0.39 is 15.6 Å². The summed E-state index contributed by atoms with van der Waals surface area (Å²) in [5.74, 6) is -0.329. The maximum absolute atomic E-state index is 12.5. The van der Waals surface area contributed by atoms with Crippen LogP contribution in [0.1, 0.15) is 6.92 Å². The fourth-order valence-electron chi connectivity index (χ4n) is 2.92. The molecule has 0 saturated heterocycles. The van der Waals surface area contributed by atoms with E-state index >= 15 is 0 Å². The average molecular weight is 449 g/mol. The zero-order valence-corrected chi connectivity index (χ0v) is 17.4. The highest BCUT2D eigenvalue weighted by molar-refractivity contribution is 7.91. The van der Waals surface area contributed by atoms with Gasteiger partial charge in [-0.1, -0.05) is 23.7 Å². The molecule has 156 valence electrons. The predicted octanol–water partition coefficient (Wildman–Crippen LogP) is 3.78. The van der Waals surface area contributed by atoms with Crippen LogP contribution in [-0.4, -0.2) is 30.6 Å². The van der Waals surface area contributed by atoms with Crippen LogP contribution in [0.3, 0.4) is 0 Å². The highest BCUT2D eigenvalue weighted by atomic mass is 35.5. The monoisotopic (exact) mass is 448 g/mol. The van der Waals surface area contributed by atoms with Gasteiger partial charge in [0.25, 0.3) is 5.89 Å². The third-order valence-electron chi connectivity index (χ3n) is 4.37. The number of hydrogen-bond donors (Lipinski definition) is 0. The number of aromatic nitrogens is 2. The van der Waals surface area contributed by atoms with Crippen LogP contribution in [0.5, 0.6) is 5.75 Å². The molecule has 0 radical (unpaired) electrons. The van der Waals surface area contributed by atoms with E-state index in [1.807, 2.05) is 19.1 Å². The lowest BCUT2D eigenvalue weighted by Gasteiger charge is -2.03. The fraction of sp³-hybridized carbons (Fsp3) is 0.200. The number of hydrogen-bond acceptors (Lipinski definition) is 7. The summed E-state index contributed by atoms with van der Waals surface area (Å²) in [6.45, 7) is 2.17. The van der Waals surface area contributed by atoms with E-state index in [4.69, 9.17) is 25.2 Å². The molecule has 4 aromatic rings. The van der Waals surface area contributed by atoms with Crippen LogP contribution < -0.4 is 10.5 Å². The van der Waals surface area contributed by atoms with Gasteiger partial charge in [-0.2, -0.15) is 4.68 Å². The summed E-state index contributed by atoms with van der Waals surface area (Å²) in [5, 5.41) is 5.28. The number of aryl methyl sites for hydroxylation is 1. The number of rotatable bonds is 7. The van der Waals surface area contributed by atoms with E-state index in [1.54, 1.807) is 12.1 Å². The lowest BCUT2D eigenvalue weighted by Crippen LogP contribution is -2.21. The molecule has 0 unspecified atom stereocenters. The Balaban J connectivity index is 1.58. The van der Waals surface area contributed by atoms with Gasteiger partial charge in [0.05, 0.1) is 23.8 Å². The minimum Gasteiger partial charge on any atom is -0.490 e. The minimum atomic E-state index is -3.62. The van der Waals surface area contributed by atoms with Crippen LogP contribution in [0.4, 0.5) is 0 Å². The van der Waals surface area contributed by atoms with Crippen molar-refractivity contribution in [2.45, 2.75) is 18.4 Å². The lowest BCUT2D eigenvalue weighted by atomic mass is 10.2. The van der Waals surface area contributed by atoms with Crippen molar-refractivity contribution in [1.82, 2.24) is 9.78 Å². The summed E-state index contributed by atoms with van der Waals surface area (Å²) in [6.07, 6.45) is 0. The van der Waals surface area contributed by atoms with E-state index in [2.05, 4.69) is 5.10 Å². The first-order valence-electron chi connectivity index (χ1n) is 9.09. The van der Waals surface area contributed by atoms with Crippen molar-refractivity contribution >= 4 is 32.4 Å². The Kier molecular flexibility index (Phi) is 5.40. The van der Waals surface area contributed by atoms with Crippen molar-refractivity contribution in [2.75, 3.05) is 12.4 Å². The Morgan fingerprint density at radius 2 is 1.90 bits per heavy atom. The maximum atomic E-state index is 12.5. The fourth-order valence-corrected chi connectivity index (χ4v) is 4.25. The molecule has 0 aliphatic heterocycles. The number of halogens is 1. The van der Waals surface area contributed by atoms with Crippen LogP contribution in [-0.2, 0) is 16.4 Å². The van der Waals surface area contributed by atoms with Crippen molar-refractivity contribution < 1.29 is 22.0 Å². The highest BCUT2D eigenvalue weighted by Gasteiger charge is 2.19. The molecule has 0 fully saturated rings. The van der Waals surface area contributed by atoms with Crippen molar-refractivity contribution in [3.63, 3.8) is 0 Å². The molecule has 0 aliphatic rings. The molecule has 4 rings (SSSR count). The first kappa shape index (κ1) is 20.2. The van der Waals surface area contributed by atoms with Gasteiger partial charge in [-0.3, -0.25) is 0 Å². The summed E-state index contributed by atoms with van der Waals surface area (Å²) in [6, 6.07) is 12.9. The number of fused-ring (bicyclic) bond motifs is 1. The molecule has 0 spiro atoms. The summed E-state index contributed by atoms with van der Waals surface area (Å²) >= 11 is 5.79. The number of sulfone groups is 1. The molecular weight excluding hydrogens is 432 g/mol. The van der Waals surface area contributed by atoms with Gasteiger partial charge in [0.15, 0.2) is 26.9 Å². The van der Waals surface area contributed by atoms with Gasteiger partial charge in [0.2, 0.25) is 0 Å². The van der Waals surface area contributed by atoms with Gasteiger partial charge in [-0.25, -0.2) is 13.2 Å². The van der Waals surface area contributed by atoms with Gasteiger partial charge in [0.1, 0.15) is 0 Å². The first-order valence-corrected chi connectivity index (χ1v) is 11.1. The van der Waals surface area contributed by atoms with Gasteiger partial charge in [-0.15, -0.1) is 5.10 Å². The molecule has 0 saturated carbocycles. The smallest absolute Gasteiger partial charge is 0.437 e. The van der Waals surface area contributed by atoms with Crippen LogP contribution in [0.2, 0.25) is 5.02 Å². The van der Waals surface area contributed by atoms with Gasteiger partial charge in [-0.05, 0) is 43.3 Å². The second kappa shape index (κ2) is 8.00. The highest BCUT2D eigenvalue weighted by Crippen LogP contribution is 2.32. The van der Waals surface area contributed by atoms with E-state index in [9.17, 15) is 13.2 Å². The molecule has 0 amide bonds. The summed E-state index contributed by atoms with van der Waals surface area (Å²) in [4.78, 5) is 12.3. The Morgan fingerprint density at radius 1 is 1.13 bits per heavy atom. The zero-order chi connectivity index (χ0) is 21.3. The van der Waals surface area contributed by atoms with Crippen molar-refractivity contribution in [2.24, 2.45) is 0 Å². The van der Waals surface area contributed by atoms with E-state index in [0.29, 0.717) is 23.0 Å². The Labute approximate surface area is 176 Å². The molecule has 0 N–H and O–H groups in total. The number of benzene rings is 2. The van der Waals surface area contributed by atoms with Crippen LogP contribution in [0.15, 0.2) is 67.1 Å². The molecule has 0 atom stereocenters. The number of para-hydroxylation sites is 1. The van der Waals surface area contributed by atoms with Crippen molar-refractivity contribution in [3.8, 4) is 17.4 Å². The Hall–Kier alpha value is -3.04. The molecule has 10 heteroatoms. The van der Waals surface area contributed by atoms with E-state index in [0.717, 1.165) is 10.1 Å². The molecule has 30 heavy (non-hydrogen) atoms. The Morgan fingerprint density at radius 3 is 2.63 bits per heavy atom. The van der Waals surface area contributed by atoms with Crippen LogP contribution >= 0.6 is 11.6 Å². The van der Waals surface area contributed by atoms with Crippen LogP contribution in [0, 0.1) is 0 Å². The quantitative estimate of drug-likeness (QED) is 0.423. The molecular formula is C20H17ClN2O6S. The second-order valence-electron chi connectivity index (χ2n) is 6.39. The zero-order valence-electron chi connectivity index (χ0n) is 15.9. The lowest BCUT2D eigenvalue weighted by molar-refractivity contribution is 0.338. The molecule has 8 nitrogen and oxygen atoms in total. The molecule has 0 aliphatic carbocycles. The summed E-state index contributed by atoms with van der Waals surface area (Å²) in [7, 11) is -3.62. The largest absolute Gasteiger partial charge is 0.490 e. The number of furan rings is 1. The average Bonchev–Trinajstić information content (AvgIpc) is 3.31. The summed E-state index contributed by atoms with van der Waals surface area (Å²) < 4.78 is 42.4. The predicted molar refractivity (Wildman–Crippen MR) is 111 cm³/mol. The SMILES string of the molecule is CCOc1cccc2cc(-c3nn(CCS(=O)(=O)c4ccc(Cl)cc4)c(=O)o3)oc12. The molecule has 2 heterocycles. The van der Waals surface area contributed by atoms with Crippen LogP contribution in [0.25, 0.3) is 22.6 Å². The van der Waals surface area contributed by atoms with Gasteiger partial charge in [0, 0.05) is 10.4 Å². The molecule has 2 aromatic heterocycles. The Bertz CT molecular complexity index is 1350. The topological polar surface area (TPSA) is 105 Å². The van der Waals surface area contributed by atoms with E-state index in [1.165, 1.54) is 24.3 Å². The third kappa shape index (κ3) is 3.99. The normalized spacial score (nSPS) is 11.8. The number of nitrogens with zero attached hydrogens (tertiary/aromatic N) is 2. The second-order valence-corrected chi connectivity index (χ2v) is 8.93. The minimum absolute atomic E-state index is 0.0393. The van der Waals surface area contributed by atoms with Gasteiger partial charge < -0.3 is 13.6 Å².